The zero-order valence-electron chi connectivity index (χ0n) is 24.9. The maximum atomic E-state index is 2.99. The van der Waals surface area contributed by atoms with Gasteiger partial charge in [0.25, 0.3) is 0 Å². The molecule has 0 unspecified atom stereocenters. The average Bonchev–Trinajstić information content (AvgIpc) is 3.74. The van der Waals surface area contributed by atoms with Gasteiger partial charge in [0.05, 0.1) is 0 Å². The molecule has 0 saturated carbocycles. The van der Waals surface area contributed by atoms with E-state index in [1.807, 2.05) is 12.2 Å². The van der Waals surface area contributed by atoms with E-state index in [0.29, 0.717) is 0 Å². The fourth-order valence-corrected chi connectivity index (χ4v) is 9.31. The molecule has 7 rings (SSSR count). The summed E-state index contributed by atoms with van der Waals surface area (Å²) in [5, 5.41) is 8.39. The van der Waals surface area contributed by atoms with E-state index >= 15 is 0 Å². The van der Waals surface area contributed by atoms with Crippen LogP contribution < -0.4 is 31.8 Å². The molecule has 1 aliphatic carbocycles. The normalized spacial score (nSPS) is 11.0. The monoisotopic (exact) mass is 770 g/mol. The van der Waals surface area contributed by atoms with E-state index < -0.39 is 15.8 Å². The van der Waals surface area contributed by atoms with Gasteiger partial charge < -0.3 is 0 Å². The second-order valence-electron chi connectivity index (χ2n) is 9.69. The van der Waals surface area contributed by atoms with Gasteiger partial charge in [0, 0.05) is 0 Å². The molecule has 0 aliphatic heterocycles. The van der Waals surface area contributed by atoms with E-state index in [4.69, 9.17) is 0 Å². The van der Waals surface area contributed by atoms with Gasteiger partial charge in [-0.2, -0.15) is 6.08 Å². The Hall–Kier alpha value is -3.24. The number of hydrogen-bond donors (Lipinski definition) is 0. The maximum absolute atomic E-state index is 2.99. The largest absolute Gasteiger partial charge is 0.273 e. The summed E-state index contributed by atoms with van der Waals surface area (Å²) in [5.41, 5.74) is 0. The standard InChI is InChI=1S/2C18H15P.C5H5.BrH.Ru/c2*1-4-10-16(11-5-1)19(17-12-6-2-7-13-17)18-14-8-3-9-15-18;1-2-4-5-3-1;;/h2*1-15H;1-3H,4H2;1H;/q;;-1;;+2/p-1. The van der Waals surface area contributed by atoms with Gasteiger partial charge in [-0.25, -0.2) is 12.2 Å². The molecule has 6 aromatic carbocycles. The fourth-order valence-electron chi connectivity index (χ4n) is 4.70. The summed E-state index contributed by atoms with van der Waals surface area (Å²) in [6, 6.07) is 64.7. The summed E-state index contributed by atoms with van der Waals surface area (Å²) in [6.07, 6.45) is 10.0. The number of benzene rings is 6. The zero-order chi connectivity index (χ0) is 31.4. The van der Waals surface area contributed by atoms with E-state index in [1.165, 1.54) is 31.8 Å². The minimum absolute atomic E-state index is 0.446. The number of halogens is 1. The van der Waals surface area contributed by atoms with Crippen molar-refractivity contribution in [1.82, 2.24) is 0 Å². The summed E-state index contributed by atoms with van der Waals surface area (Å²) in [6.45, 7) is 0. The fraction of sp³-hybridized carbons (Fsp3) is 0.0244. The SMILES string of the molecule is [Br][Ru+].[C-]1=CC=CC1.c1ccc(P(c2ccccc2)c2ccccc2)cc1.c1ccc(P(c2ccccc2)c2ccccc2)cc1. The third-order valence-corrected chi connectivity index (χ3v) is 11.6. The van der Waals surface area contributed by atoms with Crippen LogP contribution in [-0.4, -0.2) is 0 Å². The molecule has 0 amide bonds. The minimum Gasteiger partial charge on any atom is -0.273 e. The molecule has 0 bridgehead atoms. The Balaban J connectivity index is 0.000000169. The Morgan fingerprint density at radius 2 is 0.600 bits per heavy atom. The molecule has 6 aromatic rings. The predicted molar refractivity (Wildman–Crippen MR) is 201 cm³/mol. The second-order valence-corrected chi connectivity index (χ2v) is 14.1. The second kappa shape index (κ2) is 20.7. The van der Waals surface area contributed by atoms with Crippen molar-refractivity contribution in [3.05, 3.63) is 206 Å². The van der Waals surface area contributed by atoms with Gasteiger partial charge in [0.15, 0.2) is 0 Å². The molecule has 0 atom stereocenters. The molecule has 0 fully saturated rings. The van der Waals surface area contributed by atoms with Gasteiger partial charge >= 0.3 is 30.0 Å². The van der Waals surface area contributed by atoms with E-state index in [2.05, 4.69) is 224 Å². The van der Waals surface area contributed by atoms with Crippen LogP contribution in [0.2, 0.25) is 0 Å². The van der Waals surface area contributed by atoms with Crippen LogP contribution in [0.25, 0.3) is 0 Å². The quantitative estimate of drug-likeness (QED) is 0.0902. The third kappa shape index (κ3) is 11.3. The molecule has 0 spiro atoms. The van der Waals surface area contributed by atoms with Crippen molar-refractivity contribution in [2.24, 2.45) is 0 Å². The summed E-state index contributed by atoms with van der Waals surface area (Å²) in [4.78, 5) is 0. The topological polar surface area (TPSA) is 0 Å². The Labute approximate surface area is 288 Å². The van der Waals surface area contributed by atoms with Crippen LogP contribution in [-0.2, 0) is 16.3 Å². The molecule has 0 radical (unpaired) electrons. The van der Waals surface area contributed by atoms with Crippen LogP contribution in [0, 0.1) is 6.08 Å². The molecule has 1 aliphatic rings. The van der Waals surface area contributed by atoms with Gasteiger partial charge in [-0.1, -0.05) is 182 Å². The third-order valence-electron chi connectivity index (χ3n) is 6.67. The summed E-state index contributed by atoms with van der Waals surface area (Å²) < 4.78 is 0. The van der Waals surface area contributed by atoms with Crippen LogP contribution in [0.4, 0.5) is 0 Å². The van der Waals surface area contributed by atoms with Gasteiger partial charge in [0.1, 0.15) is 0 Å². The van der Waals surface area contributed by atoms with E-state index in [0.717, 1.165) is 6.42 Å². The van der Waals surface area contributed by atoms with Crippen LogP contribution in [0.3, 0.4) is 0 Å². The number of allylic oxidation sites excluding steroid dienone is 4. The first-order chi connectivity index (χ1) is 22.4. The molecule has 224 valence electrons. The summed E-state index contributed by atoms with van der Waals surface area (Å²) in [5.74, 6) is 0. The molecule has 0 nitrogen and oxygen atoms in total. The van der Waals surface area contributed by atoms with Gasteiger partial charge in [0.2, 0.25) is 0 Å². The van der Waals surface area contributed by atoms with Gasteiger partial charge in [-0.15, -0.1) is 6.42 Å². The van der Waals surface area contributed by atoms with Gasteiger partial charge in [-0.05, 0) is 47.7 Å². The summed E-state index contributed by atoms with van der Waals surface area (Å²) >= 11 is 5.03. The predicted octanol–water partition coefficient (Wildman–Crippen LogP) is 9.04. The first kappa shape index (κ1) is 34.6. The molecule has 4 heteroatoms. The minimum atomic E-state index is -0.446. The first-order valence-corrected chi connectivity index (χ1v) is 21.3. The average molecular weight is 771 g/mol. The van der Waals surface area contributed by atoms with E-state index in [-0.39, 0.29) is 0 Å². The Kier molecular flexibility index (Phi) is 16.0. The van der Waals surface area contributed by atoms with Crippen LogP contribution >= 0.6 is 29.5 Å². The first-order valence-electron chi connectivity index (χ1n) is 14.7. The van der Waals surface area contributed by atoms with Crippen molar-refractivity contribution in [2.45, 2.75) is 6.42 Å². The smallest absolute Gasteiger partial charge is 0.0134 e. The summed E-state index contributed by atoms with van der Waals surface area (Å²) in [7, 11) is -0.892. The Morgan fingerprint density at radius 3 is 0.733 bits per heavy atom. The van der Waals surface area contributed by atoms with Crippen LogP contribution in [0.1, 0.15) is 6.42 Å². The van der Waals surface area contributed by atoms with Crippen molar-refractivity contribution >= 4 is 61.3 Å². The van der Waals surface area contributed by atoms with Crippen molar-refractivity contribution in [2.75, 3.05) is 0 Å². The Morgan fingerprint density at radius 1 is 0.378 bits per heavy atom. The molecule has 45 heavy (non-hydrogen) atoms. The van der Waals surface area contributed by atoms with Crippen molar-refractivity contribution in [3.63, 3.8) is 0 Å². The molecule has 0 saturated heterocycles. The molecule has 0 heterocycles. The van der Waals surface area contributed by atoms with Crippen molar-refractivity contribution in [1.29, 1.82) is 0 Å². The van der Waals surface area contributed by atoms with Crippen LogP contribution in [0.5, 0.6) is 0 Å². The molecular weight excluding hydrogens is 735 g/mol. The number of rotatable bonds is 6. The Bertz CT molecular complexity index is 1350. The molecular formula is C41H35BrP2Ru. The van der Waals surface area contributed by atoms with Crippen molar-refractivity contribution in [3.8, 4) is 0 Å². The molecule has 0 aromatic heterocycles. The van der Waals surface area contributed by atoms with Gasteiger partial charge in [-0.3, -0.25) is 6.08 Å². The van der Waals surface area contributed by atoms with E-state index in [1.54, 1.807) is 0 Å². The molecule has 0 N–H and O–H groups in total. The maximum Gasteiger partial charge on any atom is -0.0134 e. The van der Waals surface area contributed by atoms with Crippen molar-refractivity contribution < 1.29 is 16.3 Å². The van der Waals surface area contributed by atoms with E-state index in [9.17, 15) is 0 Å². The zero-order valence-corrected chi connectivity index (χ0v) is 30.0. The number of hydrogen-bond acceptors (Lipinski definition) is 0. The van der Waals surface area contributed by atoms with Crippen LogP contribution in [0.15, 0.2) is 200 Å².